The summed E-state index contributed by atoms with van der Waals surface area (Å²) >= 11 is 0. The van der Waals surface area contributed by atoms with Gasteiger partial charge in [0.25, 0.3) is 0 Å². The first-order chi connectivity index (χ1) is 30.9. The molecule has 0 bridgehead atoms. The number of hydrazine groups is 1. The van der Waals surface area contributed by atoms with E-state index in [0.717, 1.165) is 69.5 Å². The van der Waals surface area contributed by atoms with Crippen molar-refractivity contribution in [3.8, 4) is 33.6 Å². The van der Waals surface area contributed by atoms with E-state index in [9.17, 15) is 19.2 Å². The number of nitrogens with one attached hydrogen (secondary N) is 4. The number of ether oxygens (including phenoxy) is 4. The Morgan fingerprint density at radius 2 is 1.41 bits per heavy atom. The second-order valence-corrected chi connectivity index (χ2v) is 17.3. The lowest BCUT2D eigenvalue weighted by molar-refractivity contribution is -0.154. The molecular formula is C48H60N8O8. The second kappa shape index (κ2) is 20.2. The molecule has 3 unspecified atom stereocenters. The zero-order valence-electron chi connectivity index (χ0n) is 37.7. The lowest BCUT2D eigenvalue weighted by atomic mass is 9.78. The van der Waals surface area contributed by atoms with Crippen molar-refractivity contribution in [1.82, 2.24) is 40.6 Å². The Kier molecular flexibility index (Phi) is 14.5. The van der Waals surface area contributed by atoms with Crippen LogP contribution in [-0.4, -0.2) is 113 Å². The van der Waals surface area contributed by atoms with E-state index in [1.165, 1.54) is 12.1 Å². The normalized spacial score (nSPS) is 19.6. The molecule has 2 saturated heterocycles. The third-order valence-electron chi connectivity index (χ3n) is 12.3. The van der Waals surface area contributed by atoms with Crippen molar-refractivity contribution in [2.24, 2.45) is 11.8 Å². The third kappa shape index (κ3) is 9.83. The summed E-state index contributed by atoms with van der Waals surface area (Å²) in [5.41, 5.74) is 8.39. The van der Waals surface area contributed by atoms with Gasteiger partial charge in [-0.3, -0.25) is 14.4 Å². The Morgan fingerprint density at radius 3 is 2.05 bits per heavy atom. The van der Waals surface area contributed by atoms with Crippen LogP contribution in [0.25, 0.3) is 44.4 Å². The average Bonchev–Trinajstić information content (AvgIpc) is 4.15. The quantitative estimate of drug-likeness (QED) is 0.0785. The molecule has 1 saturated carbocycles. The highest BCUT2D eigenvalue weighted by Crippen LogP contribution is 2.43. The molecule has 1 aliphatic carbocycles. The molecule has 4 N–H and O–H groups in total. The van der Waals surface area contributed by atoms with Crippen molar-refractivity contribution < 1.29 is 38.1 Å². The minimum atomic E-state index is -0.896. The van der Waals surface area contributed by atoms with Crippen LogP contribution < -0.4 is 10.7 Å². The molecule has 2 aliphatic heterocycles. The number of hydrogen-bond acceptors (Lipinski definition) is 10. The number of imidazole rings is 2. The molecule has 3 fully saturated rings. The molecule has 340 valence electrons. The molecule has 64 heavy (non-hydrogen) atoms. The smallest absolute Gasteiger partial charge is 0.425 e. The summed E-state index contributed by atoms with van der Waals surface area (Å²) in [4.78, 5) is 69.2. The maximum atomic E-state index is 13.8. The van der Waals surface area contributed by atoms with Crippen molar-refractivity contribution in [2.45, 2.75) is 89.6 Å². The highest BCUT2D eigenvalue weighted by atomic mass is 16.7. The summed E-state index contributed by atoms with van der Waals surface area (Å²) < 4.78 is 21.0. The Morgan fingerprint density at radius 1 is 0.828 bits per heavy atom. The van der Waals surface area contributed by atoms with Crippen LogP contribution in [0.3, 0.4) is 0 Å². The van der Waals surface area contributed by atoms with E-state index in [-0.39, 0.29) is 42.2 Å². The number of aromatic nitrogens is 4. The molecule has 3 aliphatic rings. The summed E-state index contributed by atoms with van der Waals surface area (Å²) in [6.45, 7) is 8.70. The van der Waals surface area contributed by atoms with Crippen molar-refractivity contribution in [1.29, 1.82) is 0 Å². The van der Waals surface area contributed by atoms with Crippen molar-refractivity contribution >= 4 is 35.1 Å². The van der Waals surface area contributed by atoms with Gasteiger partial charge < -0.3 is 39.1 Å². The number of amides is 4. The van der Waals surface area contributed by atoms with E-state index in [0.29, 0.717) is 38.3 Å². The standard InChI is InChI=1S/C46H54N8O7.C2H6O/c1-27(2)40(49-26-55)44(57)53-25-46(60-18-19-61-46)22-39(53)42-48-23-37(51-42)30-12-10-29(11-13-30)31-14-15-33-21-34(17-16-32(33)20-31)38-24-47-41(50-38)35-8-6-7-9-36(35)43(56)54(28(3)4)52-45(58)59-5;1-3-2/h10-17,20-21,23-24,26-28,35-36,39-40H,6-9,18-19,22,25H2,1-5H3,(H,47,50)(H,48,51)(H,49,55)(H,52,58);1-2H3/t35?,36-,39?,40?;/m1./s1. The van der Waals surface area contributed by atoms with E-state index >= 15 is 0 Å². The van der Waals surface area contributed by atoms with Gasteiger partial charge in [0.2, 0.25) is 18.2 Å². The summed E-state index contributed by atoms with van der Waals surface area (Å²) in [5.74, 6) is -0.341. The number of carbonyl (C=O) groups is 4. The first kappa shape index (κ1) is 45.9. The van der Waals surface area contributed by atoms with Gasteiger partial charge in [0, 0.05) is 44.1 Å². The van der Waals surface area contributed by atoms with Crippen LogP contribution in [0.1, 0.15) is 83.4 Å². The summed E-state index contributed by atoms with van der Waals surface area (Å²) in [7, 11) is 4.53. The molecule has 1 spiro atoms. The molecule has 4 heterocycles. The fraction of sp³-hybridized carbons (Fsp3) is 0.458. The number of nitrogens with zero attached hydrogens (tertiary/aromatic N) is 4. The Bertz CT molecular complexity index is 2410. The highest BCUT2D eigenvalue weighted by Gasteiger charge is 2.52. The van der Waals surface area contributed by atoms with Crippen molar-refractivity contribution in [3.05, 3.63) is 84.7 Å². The van der Waals surface area contributed by atoms with Crippen LogP contribution in [0.4, 0.5) is 4.79 Å². The molecule has 2 aromatic heterocycles. The highest BCUT2D eigenvalue weighted by molar-refractivity contribution is 5.91. The number of methoxy groups -OCH3 is 2. The van der Waals surface area contributed by atoms with Gasteiger partial charge >= 0.3 is 6.09 Å². The number of hydrogen-bond donors (Lipinski definition) is 4. The van der Waals surface area contributed by atoms with Gasteiger partial charge in [0.1, 0.15) is 17.7 Å². The zero-order valence-corrected chi connectivity index (χ0v) is 37.7. The van der Waals surface area contributed by atoms with Gasteiger partial charge in [0.15, 0.2) is 5.79 Å². The molecule has 4 atom stereocenters. The van der Waals surface area contributed by atoms with E-state index in [4.69, 9.17) is 24.2 Å². The number of fused-ring (bicyclic) bond motifs is 1. The number of likely N-dealkylation sites (tertiary alicyclic amines) is 1. The zero-order chi connectivity index (χ0) is 45.5. The Labute approximate surface area is 373 Å². The Hall–Kier alpha value is -6.10. The predicted octanol–water partition coefficient (Wildman–Crippen LogP) is 7.12. The molecular weight excluding hydrogens is 817 g/mol. The van der Waals surface area contributed by atoms with Gasteiger partial charge in [-0.25, -0.2) is 25.2 Å². The van der Waals surface area contributed by atoms with Gasteiger partial charge in [-0.2, -0.15) is 0 Å². The largest absolute Gasteiger partial charge is 0.452 e. The topological polar surface area (TPSA) is 193 Å². The average molecular weight is 877 g/mol. The van der Waals surface area contributed by atoms with E-state index in [2.05, 4.69) is 86.1 Å². The third-order valence-corrected chi connectivity index (χ3v) is 12.3. The molecule has 0 radical (unpaired) electrons. The van der Waals surface area contributed by atoms with E-state index in [1.807, 2.05) is 33.9 Å². The van der Waals surface area contributed by atoms with Crippen LogP contribution in [0, 0.1) is 11.8 Å². The molecule has 3 aromatic carbocycles. The molecule has 5 aromatic rings. The number of aromatic amines is 2. The van der Waals surface area contributed by atoms with Gasteiger partial charge in [-0.15, -0.1) is 0 Å². The lowest BCUT2D eigenvalue weighted by Gasteiger charge is -2.35. The number of carbonyl (C=O) groups excluding carboxylic acids is 4. The fourth-order valence-corrected chi connectivity index (χ4v) is 9.10. The van der Waals surface area contributed by atoms with Crippen LogP contribution in [-0.2, 0) is 33.3 Å². The number of benzene rings is 3. The monoisotopic (exact) mass is 876 g/mol. The van der Waals surface area contributed by atoms with Gasteiger partial charge in [-0.1, -0.05) is 75.2 Å². The minimum absolute atomic E-state index is 0.0987. The molecule has 8 rings (SSSR count). The summed E-state index contributed by atoms with van der Waals surface area (Å²) in [5, 5.41) is 6.26. The first-order valence-corrected chi connectivity index (χ1v) is 22.0. The van der Waals surface area contributed by atoms with Gasteiger partial charge in [-0.05, 0) is 72.2 Å². The maximum absolute atomic E-state index is 13.8. The summed E-state index contributed by atoms with van der Waals surface area (Å²) in [6, 6.07) is 19.7. The second-order valence-electron chi connectivity index (χ2n) is 17.3. The lowest BCUT2D eigenvalue weighted by Crippen LogP contribution is -2.53. The SMILES string of the molecule is COC.COC(=O)NN(C(=O)[C@@H]1CCCCC1c1ncc(-c2ccc3cc(-c4ccc(-c5cnc(C6CC7(CN6C(=O)C(NC=O)C(C)C)OCCO7)[nH]5)cc4)ccc3c2)[nH]1)C(C)C. The summed E-state index contributed by atoms with van der Waals surface area (Å²) in [6.07, 6.45) is 7.44. The van der Waals surface area contributed by atoms with Crippen LogP contribution in [0.2, 0.25) is 0 Å². The van der Waals surface area contributed by atoms with Crippen LogP contribution >= 0.6 is 0 Å². The van der Waals surface area contributed by atoms with Crippen molar-refractivity contribution in [2.75, 3.05) is 41.1 Å². The van der Waals surface area contributed by atoms with Gasteiger partial charge in [0.05, 0.1) is 56.7 Å². The van der Waals surface area contributed by atoms with Crippen molar-refractivity contribution in [3.63, 3.8) is 0 Å². The molecule has 4 amide bonds. The maximum Gasteiger partial charge on any atom is 0.425 e. The number of H-pyrrole nitrogens is 2. The van der Waals surface area contributed by atoms with E-state index in [1.54, 1.807) is 25.3 Å². The fourth-order valence-electron chi connectivity index (χ4n) is 9.10. The Balaban J connectivity index is 0.00000199. The minimum Gasteiger partial charge on any atom is -0.452 e. The van der Waals surface area contributed by atoms with Crippen LogP contribution in [0.15, 0.2) is 73.1 Å². The first-order valence-electron chi connectivity index (χ1n) is 22.0. The molecule has 16 nitrogen and oxygen atoms in total. The molecule has 16 heteroatoms. The van der Waals surface area contributed by atoms with E-state index < -0.39 is 24.0 Å². The predicted molar refractivity (Wildman–Crippen MR) is 241 cm³/mol. The van der Waals surface area contributed by atoms with Crippen LogP contribution in [0.5, 0.6) is 0 Å². The number of rotatable bonds is 11.